The maximum absolute atomic E-state index is 12.2. The van der Waals surface area contributed by atoms with Gasteiger partial charge in [-0.15, -0.1) is 0 Å². The van der Waals surface area contributed by atoms with Crippen LogP contribution in [0.3, 0.4) is 0 Å². The third-order valence-corrected chi connectivity index (χ3v) is 4.94. The highest BCUT2D eigenvalue weighted by Gasteiger charge is 2.40. The van der Waals surface area contributed by atoms with Gasteiger partial charge in [0.05, 0.1) is 6.04 Å². The number of carbonyl (C=O) groups excluding carboxylic acids is 1. The Kier molecular flexibility index (Phi) is 2.51. The van der Waals surface area contributed by atoms with Crippen molar-refractivity contribution in [1.82, 2.24) is 4.90 Å². The first-order valence-electron chi connectivity index (χ1n) is 7.43. The maximum Gasteiger partial charge on any atom is 0.223 e. The minimum absolute atomic E-state index is 0.314. The van der Waals surface area contributed by atoms with E-state index in [-0.39, 0.29) is 0 Å². The van der Waals surface area contributed by atoms with Crippen molar-refractivity contribution >= 4 is 12.0 Å². The second-order valence-corrected chi connectivity index (χ2v) is 5.98. The van der Waals surface area contributed by atoms with Crippen molar-refractivity contribution in [2.75, 3.05) is 6.54 Å². The van der Waals surface area contributed by atoms with Crippen LogP contribution < -0.4 is 0 Å². The summed E-state index contributed by atoms with van der Waals surface area (Å²) in [7, 11) is 0. The van der Waals surface area contributed by atoms with Gasteiger partial charge in [0.1, 0.15) is 0 Å². The standard InChI is InChI=1S/C17H19NO/c19-16-9-4-10-18(16)17-14-7-2-1-5-12(14)11-13-6-3-8-15(13)17/h1-2,5,7,11,15,17H,3-4,6,8-10H2. The van der Waals surface area contributed by atoms with Crippen LogP contribution in [0.15, 0.2) is 29.8 Å². The first-order chi connectivity index (χ1) is 9.34. The van der Waals surface area contributed by atoms with Crippen molar-refractivity contribution in [1.29, 1.82) is 0 Å². The second kappa shape index (κ2) is 4.22. The van der Waals surface area contributed by atoms with Crippen molar-refractivity contribution in [3.8, 4) is 0 Å². The van der Waals surface area contributed by atoms with Crippen molar-refractivity contribution in [2.24, 2.45) is 5.92 Å². The Bertz CT molecular complexity index is 560. The van der Waals surface area contributed by atoms with E-state index in [1.165, 1.54) is 30.4 Å². The molecule has 0 spiro atoms. The molecular weight excluding hydrogens is 234 g/mol. The Morgan fingerprint density at radius 1 is 1.11 bits per heavy atom. The molecule has 1 aromatic carbocycles. The molecule has 1 amide bonds. The number of benzene rings is 1. The molecule has 0 N–H and O–H groups in total. The van der Waals surface area contributed by atoms with E-state index in [1.807, 2.05) is 0 Å². The molecule has 2 atom stereocenters. The summed E-state index contributed by atoms with van der Waals surface area (Å²) >= 11 is 0. The molecule has 0 aromatic heterocycles. The summed E-state index contributed by atoms with van der Waals surface area (Å²) in [4.78, 5) is 14.3. The largest absolute Gasteiger partial charge is 0.335 e. The summed E-state index contributed by atoms with van der Waals surface area (Å²) < 4.78 is 0. The molecule has 0 bridgehead atoms. The van der Waals surface area contributed by atoms with Gasteiger partial charge in [0.25, 0.3) is 0 Å². The minimum Gasteiger partial charge on any atom is -0.335 e. The van der Waals surface area contributed by atoms with E-state index >= 15 is 0 Å². The van der Waals surface area contributed by atoms with E-state index in [1.54, 1.807) is 5.57 Å². The summed E-state index contributed by atoms with van der Waals surface area (Å²) in [6.45, 7) is 0.946. The molecule has 0 radical (unpaired) electrons. The molecule has 2 nitrogen and oxygen atoms in total. The molecule has 2 aliphatic carbocycles. The van der Waals surface area contributed by atoms with Crippen molar-refractivity contribution in [3.63, 3.8) is 0 Å². The number of hydrogen-bond acceptors (Lipinski definition) is 1. The second-order valence-electron chi connectivity index (χ2n) is 5.98. The van der Waals surface area contributed by atoms with E-state index in [9.17, 15) is 4.79 Å². The molecule has 3 aliphatic rings. The zero-order valence-electron chi connectivity index (χ0n) is 11.1. The zero-order valence-corrected chi connectivity index (χ0v) is 11.1. The first kappa shape index (κ1) is 11.3. The quantitative estimate of drug-likeness (QED) is 0.749. The SMILES string of the molecule is O=C1CCCN1C1c2ccccc2C=C2CCCC21. The van der Waals surface area contributed by atoms with Crippen molar-refractivity contribution < 1.29 is 4.79 Å². The molecule has 1 saturated heterocycles. The Balaban J connectivity index is 1.83. The Hall–Kier alpha value is -1.57. The monoisotopic (exact) mass is 253 g/mol. The summed E-state index contributed by atoms with van der Waals surface area (Å²) in [5, 5.41) is 0. The summed E-state index contributed by atoms with van der Waals surface area (Å²) in [5.74, 6) is 0.935. The third-order valence-electron chi connectivity index (χ3n) is 4.94. The molecule has 1 aromatic rings. The van der Waals surface area contributed by atoms with Gasteiger partial charge in [-0.3, -0.25) is 4.79 Å². The fourth-order valence-electron chi connectivity index (χ4n) is 4.11. The van der Waals surface area contributed by atoms with Crippen LogP contribution in [-0.4, -0.2) is 17.4 Å². The average molecular weight is 253 g/mol. The van der Waals surface area contributed by atoms with Gasteiger partial charge in [0.2, 0.25) is 5.91 Å². The van der Waals surface area contributed by atoms with E-state index in [4.69, 9.17) is 0 Å². The lowest BCUT2D eigenvalue weighted by Crippen LogP contribution is -2.36. The van der Waals surface area contributed by atoms with Crippen molar-refractivity contribution in [2.45, 2.75) is 38.1 Å². The van der Waals surface area contributed by atoms with Crippen LogP contribution in [-0.2, 0) is 4.79 Å². The van der Waals surface area contributed by atoms with Gasteiger partial charge in [-0.25, -0.2) is 0 Å². The smallest absolute Gasteiger partial charge is 0.223 e. The number of likely N-dealkylation sites (tertiary alicyclic amines) is 1. The van der Waals surface area contributed by atoms with Crippen LogP contribution in [0.2, 0.25) is 0 Å². The summed E-state index contributed by atoms with van der Waals surface area (Å²) in [6.07, 6.45) is 7.90. The fraction of sp³-hybridized carbons (Fsp3) is 0.471. The lowest BCUT2D eigenvalue weighted by molar-refractivity contribution is -0.130. The number of carbonyl (C=O) groups is 1. The van der Waals surface area contributed by atoms with Crippen LogP contribution in [0.25, 0.3) is 6.08 Å². The molecule has 1 heterocycles. The highest BCUT2D eigenvalue weighted by molar-refractivity contribution is 5.79. The third kappa shape index (κ3) is 1.66. The Labute approximate surface area is 114 Å². The molecule has 19 heavy (non-hydrogen) atoms. The Morgan fingerprint density at radius 3 is 2.84 bits per heavy atom. The van der Waals surface area contributed by atoms with Gasteiger partial charge in [0, 0.05) is 18.9 Å². The van der Waals surface area contributed by atoms with E-state index in [0.717, 1.165) is 19.4 Å². The van der Waals surface area contributed by atoms with Gasteiger partial charge in [-0.2, -0.15) is 0 Å². The summed E-state index contributed by atoms with van der Waals surface area (Å²) in [6, 6.07) is 8.95. The normalized spacial score (nSPS) is 29.2. The molecule has 1 saturated carbocycles. The van der Waals surface area contributed by atoms with Crippen LogP contribution in [0.5, 0.6) is 0 Å². The molecule has 4 rings (SSSR count). The summed E-state index contributed by atoms with van der Waals surface area (Å²) in [5.41, 5.74) is 4.28. The number of amides is 1. The lowest BCUT2D eigenvalue weighted by atomic mass is 9.80. The molecule has 98 valence electrons. The maximum atomic E-state index is 12.2. The minimum atomic E-state index is 0.314. The fourth-order valence-corrected chi connectivity index (χ4v) is 4.11. The van der Waals surface area contributed by atoms with Gasteiger partial charge >= 0.3 is 0 Å². The van der Waals surface area contributed by atoms with Gasteiger partial charge < -0.3 is 4.90 Å². The lowest BCUT2D eigenvalue weighted by Gasteiger charge is -2.37. The first-order valence-corrected chi connectivity index (χ1v) is 7.43. The molecule has 2 fully saturated rings. The molecular formula is C17H19NO. The highest BCUT2D eigenvalue weighted by Crippen LogP contribution is 2.49. The topological polar surface area (TPSA) is 20.3 Å². The highest BCUT2D eigenvalue weighted by atomic mass is 16.2. The van der Waals surface area contributed by atoms with Gasteiger partial charge in [-0.05, 0) is 36.8 Å². The van der Waals surface area contributed by atoms with Gasteiger partial charge in [0.15, 0.2) is 0 Å². The number of nitrogens with zero attached hydrogens (tertiary/aromatic N) is 1. The predicted molar refractivity (Wildman–Crippen MR) is 75.4 cm³/mol. The van der Waals surface area contributed by atoms with Crippen LogP contribution >= 0.6 is 0 Å². The van der Waals surface area contributed by atoms with E-state index in [0.29, 0.717) is 17.9 Å². The van der Waals surface area contributed by atoms with Crippen LogP contribution in [0.1, 0.15) is 49.3 Å². The zero-order chi connectivity index (χ0) is 12.8. The van der Waals surface area contributed by atoms with Crippen molar-refractivity contribution in [3.05, 3.63) is 41.0 Å². The number of hydrogen-bond donors (Lipinski definition) is 0. The molecule has 1 aliphatic heterocycles. The van der Waals surface area contributed by atoms with E-state index in [2.05, 4.69) is 35.2 Å². The van der Waals surface area contributed by atoms with Gasteiger partial charge in [-0.1, -0.05) is 35.9 Å². The average Bonchev–Trinajstić information content (AvgIpc) is 3.04. The number of fused-ring (bicyclic) bond motifs is 2. The molecule has 2 unspecified atom stereocenters. The molecule has 2 heteroatoms. The number of rotatable bonds is 1. The predicted octanol–water partition coefficient (Wildman–Crippen LogP) is 3.55. The van der Waals surface area contributed by atoms with E-state index < -0.39 is 0 Å². The van der Waals surface area contributed by atoms with Crippen LogP contribution in [0.4, 0.5) is 0 Å². The van der Waals surface area contributed by atoms with Crippen LogP contribution in [0, 0.1) is 5.92 Å². The Morgan fingerprint density at radius 2 is 2.00 bits per heavy atom.